The van der Waals surface area contributed by atoms with Gasteiger partial charge >= 0.3 is 0 Å². The highest BCUT2D eigenvalue weighted by Crippen LogP contribution is 2.18. The van der Waals surface area contributed by atoms with Crippen molar-refractivity contribution in [3.05, 3.63) is 101 Å². The van der Waals surface area contributed by atoms with E-state index in [0.717, 1.165) is 24.2 Å². The van der Waals surface area contributed by atoms with E-state index in [0.29, 0.717) is 6.42 Å². The van der Waals surface area contributed by atoms with Crippen LogP contribution in [-0.4, -0.2) is 17.9 Å². The summed E-state index contributed by atoms with van der Waals surface area (Å²) in [7, 11) is 0. The van der Waals surface area contributed by atoms with E-state index in [-0.39, 0.29) is 17.9 Å². The van der Waals surface area contributed by atoms with Crippen LogP contribution in [-0.2, 0) is 29.0 Å². The molecule has 0 fully saturated rings. The van der Waals surface area contributed by atoms with Gasteiger partial charge in [0.1, 0.15) is 12.6 Å². The molecule has 4 rings (SSSR count). The molecule has 1 heterocycles. The summed E-state index contributed by atoms with van der Waals surface area (Å²) in [4.78, 5) is 26.3. The Morgan fingerprint density at radius 2 is 1.61 bits per heavy atom. The van der Waals surface area contributed by atoms with E-state index in [2.05, 4.69) is 29.7 Å². The number of nitrogens with two attached hydrogens (primary N) is 1. The molecule has 3 aromatic rings. The van der Waals surface area contributed by atoms with Crippen LogP contribution in [0, 0.1) is 0 Å². The van der Waals surface area contributed by atoms with Crippen LogP contribution in [0.2, 0.25) is 0 Å². The minimum absolute atomic E-state index is 0.125. The number of anilines is 1. The van der Waals surface area contributed by atoms with Gasteiger partial charge in [0.15, 0.2) is 6.04 Å². The Balaban J connectivity index is 1.50. The second-order valence-corrected chi connectivity index (χ2v) is 7.91. The van der Waals surface area contributed by atoms with Gasteiger partial charge in [0.2, 0.25) is 0 Å². The standard InChI is InChI=1S/C26H27N3O2/c1-2-18-12-14-22(15-13-18)28-26(31)24(19-8-4-3-5-9-19)29-25(30)23-16-20-10-6-7-11-21(20)17-27-23/h3-15,23-24,27H,2,16-17H2,1H3,(H,28,31)(H,29,30)/p+1/t23-,24+/m0/s1. The summed E-state index contributed by atoms with van der Waals surface area (Å²) < 4.78 is 0. The average Bonchev–Trinajstić information content (AvgIpc) is 2.83. The number of carbonyl (C=O) groups is 2. The van der Waals surface area contributed by atoms with Gasteiger partial charge in [-0.05, 0) is 35.2 Å². The molecule has 5 heteroatoms. The highest BCUT2D eigenvalue weighted by molar-refractivity contribution is 5.98. The fourth-order valence-corrected chi connectivity index (χ4v) is 3.98. The molecule has 0 aromatic heterocycles. The third kappa shape index (κ3) is 5.01. The summed E-state index contributed by atoms with van der Waals surface area (Å²) >= 11 is 0. The Hall–Kier alpha value is -3.44. The highest BCUT2D eigenvalue weighted by Gasteiger charge is 2.31. The van der Waals surface area contributed by atoms with Gasteiger partial charge in [-0.15, -0.1) is 0 Å². The molecule has 5 nitrogen and oxygen atoms in total. The number of benzene rings is 3. The largest absolute Gasteiger partial charge is 0.335 e. The van der Waals surface area contributed by atoms with Gasteiger partial charge < -0.3 is 16.0 Å². The Labute approximate surface area is 182 Å². The second-order valence-electron chi connectivity index (χ2n) is 7.91. The summed E-state index contributed by atoms with van der Waals surface area (Å²) in [5, 5.41) is 7.99. The fraction of sp³-hybridized carbons (Fsp3) is 0.231. The molecular weight excluding hydrogens is 386 g/mol. The molecular formula is C26H28N3O2+. The molecule has 2 amide bonds. The lowest BCUT2D eigenvalue weighted by Gasteiger charge is -2.25. The van der Waals surface area contributed by atoms with Crippen LogP contribution >= 0.6 is 0 Å². The quantitative estimate of drug-likeness (QED) is 0.580. The first-order chi connectivity index (χ1) is 15.1. The van der Waals surface area contributed by atoms with Gasteiger partial charge in [-0.3, -0.25) is 9.59 Å². The number of hydrogen-bond acceptors (Lipinski definition) is 2. The van der Waals surface area contributed by atoms with E-state index < -0.39 is 6.04 Å². The third-order valence-electron chi connectivity index (χ3n) is 5.83. The molecule has 1 aliphatic rings. The molecule has 0 spiro atoms. The van der Waals surface area contributed by atoms with Gasteiger partial charge in [-0.1, -0.05) is 73.7 Å². The minimum Gasteiger partial charge on any atom is -0.335 e. The number of fused-ring (bicyclic) bond motifs is 1. The predicted octanol–water partition coefficient (Wildman–Crippen LogP) is 2.73. The van der Waals surface area contributed by atoms with Crippen LogP contribution in [0.1, 0.15) is 35.2 Å². The van der Waals surface area contributed by atoms with Gasteiger partial charge in [0.25, 0.3) is 11.8 Å². The van der Waals surface area contributed by atoms with E-state index in [9.17, 15) is 9.59 Å². The Morgan fingerprint density at radius 1 is 0.935 bits per heavy atom. The molecule has 0 aliphatic carbocycles. The molecule has 0 unspecified atom stereocenters. The monoisotopic (exact) mass is 414 g/mol. The summed E-state index contributed by atoms with van der Waals surface area (Å²) in [6, 6.07) is 24.4. The van der Waals surface area contributed by atoms with Crippen LogP contribution < -0.4 is 16.0 Å². The minimum atomic E-state index is -0.759. The van der Waals surface area contributed by atoms with Gasteiger partial charge in [-0.25, -0.2) is 0 Å². The van der Waals surface area contributed by atoms with Crippen molar-refractivity contribution in [2.45, 2.75) is 38.4 Å². The number of carbonyl (C=O) groups excluding carboxylic acids is 2. The van der Waals surface area contributed by atoms with E-state index in [1.807, 2.05) is 72.0 Å². The maximum atomic E-state index is 13.1. The Kier molecular flexibility index (Phi) is 6.43. The lowest BCUT2D eigenvalue weighted by Crippen LogP contribution is -2.93. The van der Waals surface area contributed by atoms with Crippen LogP contribution in [0.25, 0.3) is 0 Å². The topological polar surface area (TPSA) is 74.8 Å². The van der Waals surface area contributed by atoms with Crippen LogP contribution in [0.5, 0.6) is 0 Å². The highest BCUT2D eigenvalue weighted by atomic mass is 16.2. The molecule has 0 radical (unpaired) electrons. The zero-order chi connectivity index (χ0) is 21.6. The smallest absolute Gasteiger partial charge is 0.279 e. The van der Waals surface area contributed by atoms with Crippen molar-refractivity contribution in [1.82, 2.24) is 5.32 Å². The average molecular weight is 415 g/mol. The molecule has 4 N–H and O–H groups in total. The predicted molar refractivity (Wildman–Crippen MR) is 121 cm³/mol. The summed E-state index contributed by atoms with van der Waals surface area (Å²) in [5.74, 6) is -0.375. The van der Waals surface area contributed by atoms with Crippen molar-refractivity contribution >= 4 is 17.5 Å². The molecule has 158 valence electrons. The maximum Gasteiger partial charge on any atom is 0.279 e. The van der Waals surface area contributed by atoms with E-state index in [4.69, 9.17) is 0 Å². The van der Waals surface area contributed by atoms with E-state index in [1.165, 1.54) is 16.7 Å². The van der Waals surface area contributed by atoms with Crippen LogP contribution in [0.4, 0.5) is 5.69 Å². The van der Waals surface area contributed by atoms with Gasteiger partial charge in [0.05, 0.1) is 0 Å². The Morgan fingerprint density at radius 3 is 2.32 bits per heavy atom. The van der Waals surface area contributed by atoms with Crippen LogP contribution in [0.3, 0.4) is 0 Å². The normalized spacial score (nSPS) is 16.1. The van der Waals surface area contributed by atoms with E-state index in [1.54, 1.807) is 0 Å². The molecule has 0 saturated carbocycles. The number of aryl methyl sites for hydroxylation is 1. The second kappa shape index (κ2) is 9.58. The molecule has 2 atom stereocenters. The lowest BCUT2D eigenvalue weighted by molar-refractivity contribution is -0.695. The van der Waals surface area contributed by atoms with Crippen molar-refractivity contribution in [3.8, 4) is 0 Å². The SMILES string of the molecule is CCc1ccc(NC(=O)[C@H](NC(=O)[C@@H]2Cc3ccccc3C[NH2+]2)c2ccccc2)cc1. The zero-order valence-electron chi connectivity index (χ0n) is 17.7. The lowest BCUT2D eigenvalue weighted by atomic mass is 9.95. The summed E-state index contributed by atoms with van der Waals surface area (Å²) in [6.45, 7) is 2.86. The maximum absolute atomic E-state index is 13.1. The molecule has 0 bridgehead atoms. The Bertz CT molecular complexity index is 1050. The zero-order valence-corrected chi connectivity index (χ0v) is 17.7. The number of amides is 2. The van der Waals surface area contributed by atoms with Crippen molar-refractivity contribution < 1.29 is 14.9 Å². The molecule has 3 aromatic carbocycles. The van der Waals surface area contributed by atoms with E-state index >= 15 is 0 Å². The summed E-state index contributed by atoms with van der Waals surface area (Å²) in [6.07, 6.45) is 1.60. The van der Waals surface area contributed by atoms with Crippen molar-refractivity contribution in [2.24, 2.45) is 0 Å². The number of quaternary nitrogens is 1. The first-order valence-electron chi connectivity index (χ1n) is 10.8. The third-order valence-corrected chi connectivity index (χ3v) is 5.83. The number of hydrogen-bond donors (Lipinski definition) is 3. The van der Waals surface area contributed by atoms with Gasteiger partial charge in [-0.2, -0.15) is 0 Å². The van der Waals surface area contributed by atoms with Gasteiger partial charge in [0, 0.05) is 17.7 Å². The summed E-state index contributed by atoms with van der Waals surface area (Å²) in [5.41, 5.74) is 5.14. The number of nitrogens with one attached hydrogen (secondary N) is 2. The first kappa shape index (κ1) is 20.8. The first-order valence-corrected chi connectivity index (χ1v) is 10.8. The van der Waals surface area contributed by atoms with Crippen LogP contribution in [0.15, 0.2) is 78.9 Å². The van der Waals surface area contributed by atoms with Crippen molar-refractivity contribution in [1.29, 1.82) is 0 Å². The fourth-order valence-electron chi connectivity index (χ4n) is 3.98. The number of rotatable bonds is 6. The molecule has 31 heavy (non-hydrogen) atoms. The molecule has 0 saturated heterocycles. The van der Waals surface area contributed by atoms with Crippen molar-refractivity contribution in [2.75, 3.05) is 5.32 Å². The molecule has 1 aliphatic heterocycles. The van der Waals surface area contributed by atoms with Crippen molar-refractivity contribution in [3.63, 3.8) is 0 Å².